The molecule has 0 unspecified atom stereocenters. The average molecular weight is 213 g/mol. The number of rotatable bonds is 12. The molecular formula is C13H29N2. The maximum absolute atomic E-state index is 3.84. The SMILES string of the molecule is [CH2]CCCCCNCCCCCNCC. The first kappa shape index (κ1) is 14.9. The Morgan fingerprint density at radius 2 is 1.27 bits per heavy atom. The average Bonchev–Trinajstić information content (AvgIpc) is 2.26. The third kappa shape index (κ3) is 13.9. The van der Waals surface area contributed by atoms with Crippen LogP contribution in [0.25, 0.3) is 0 Å². The summed E-state index contributed by atoms with van der Waals surface area (Å²) in [6.45, 7) is 10.7. The Bertz CT molecular complexity index is 92.7. The van der Waals surface area contributed by atoms with Crippen molar-refractivity contribution in [3.8, 4) is 0 Å². The van der Waals surface area contributed by atoms with E-state index in [2.05, 4.69) is 24.5 Å². The molecule has 0 atom stereocenters. The summed E-state index contributed by atoms with van der Waals surface area (Å²) in [7, 11) is 0. The lowest BCUT2D eigenvalue weighted by atomic mass is 10.2. The first-order chi connectivity index (χ1) is 7.41. The molecule has 0 rings (SSSR count). The highest BCUT2D eigenvalue weighted by molar-refractivity contribution is 4.52. The summed E-state index contributed by atoms with van der Waals surface area (Å²) in [6.07, 6.45) is 9.00. The minimum Gasteiger partial charge on any atom is -0.317 e. The van der Waals surface area contributed by atoms with Crippen LogP contribution in [0.5, 0.6) is 0 Å². The lowest BCUT2D eigenvalue weighted by Gasteiger charge is -2.04. The molecule has 2 nitrogen and oxygen atoms in total. The largest absolute Gasteiger partial charge is 0.317 e. The molecule has 0 fully saturated rings. The van der Waals surface area contributed by atoms with Gasteiger partial charge in [0.2, 0.25) is 0 Å². The second-order valence-electron chi connectivity index (χ2n) is 4.08. The Kier molecular flexibility index (Phi) is 13.8. The second kappa shape index (κ2) is 13.9. The summed E-state index contributed by atoms with van der Waals surface area (Å²) < 4.78 is 0. The fourth-order valence-corrected chi connectivity index (χ4v) is 1.58. The second-order valence-corrected chi connectivity index (χ2v) is 4.08. The maximum Gasteiger partial charge on any atom is -0.00489 e. The van der Waals surface area contributed by atoms with E-state index in [9.17, 15) is 0 Å². The molecule has 0 bridgehead atoms. The predicted octanol–water partition coefficient (Wildman–Crippen LogP) is 2.75. The van der Waals surface area contributed by atoms with E-state index in [1.54, 1.807) is 0 Å². The van der Waals surface area contributed by atoms with E-state index in [1.165, 1.54) is 58.2 Å². The van der Waals surface area contributed by atoms with Crippen molar-refractivity contribution in [2.24, 2.45) is 0 Å². The zero-order valence-corrected chi connectivity index (χ0v) is 10.5. The van der Waals surface area contributed by atoms with Crippen LogP contribution in [0.3, 0.4) is 0 Å². The Hall–Kier alpha value is -0.0800. The van der Waals surface area contributed by atoms with Gasteiger partial charge in [-0.15, -0.1) is 0 Å². The van der Waals surface area contributed by atoms with Gasteiger partial charge in [0.05, 0.1) is 0 Å². The van der Waals surface area contributed by atoms with Gasteiger partial charge in [0.25, 0.3) is 0 Å². The molecule has 0 aromatic rings. The monoisotopic (exact) mass is 213 g/mol. The van der Waals surface area contributed by atoms with Gasteiger partial charge >= 0.3 is 0 Å². The van der Waals surface area contributed by atoms with Crippen LogP contribution in [0.15, 0.2) is 0 Å². The first-order valence-corrected chi connectivity index (χ1v) is 6.62. The molecule has 0 aliphatic carbocycles. The van der Waals surface area contributed by atoms with Crippen molar-refractivity contribution in [2.75, 3.05) is 26.2 Å². The third-order valence-corrected chi connectivity index (χ3v) is 2.56. The van der Waals surface area contributed by atoms with E-state index in [0.29, 0.717) is 0 Å². The van der Waals surface area contributed by atoms with Crippen molar-refractivity contribution in [1.82, 2.24) is 10.6 Å². The predicted molar refractivity (Wildman–Crippen MR) is 69.1 cm³/mol. The Balaban J connectivity index is 2.81. The minimum atomic E-state index is 1.09. The van der Waals surface area contributed by atoms with Crippen molar-refractivity contribution in [3.05, 3.63) is 6.92 Å². The molecule has 2 N–H and O–H groups in total. The molecule has 0 saturated carbocycles. The minimum absolute atomic E-state index is 1.09. The van der Waals surface area contributed by atoms with Gasteiger partial charge in [0, 0.05) is 0 Å². The lowest BCUT2D eigenvalue weighted by Crippen LogP contribution is -2.17. The Morgan fingerprint density at radius 1 is 0.733 bits per heavy atom. The van der Waals surface area contributed by atoms with Gasteiger partial charge in [-0.2, -0.15) is 0 Å². The topological polar surface area (TPSA) is 24.1 Å². The Labute approximate surface area is 96.2 Å². The highest BCUT2D eigenvalue weighted by atomic mass is 14.8. The van der Waals surface area contributed by atoms with E-state index >= 15 is 0 Å². The fraction of sp³-hybridized carbons (Fsp3) is 0.923. The van der Waals surface area contributed by atoms with Crippen LogP contribution in [0.2, 0.25) is 0 Å². The zero-order chi connectivity index (χ0) is 11.2. The van der Waals surface area contributed by atoms with Crippen molar-refractivity contribution < 1.29 is 0 Å². The van der Waals surface area contributed by atoms with Crippen molar-refractivity contribution in [2.45, 2.75) is 51.9 Å². The summed E-state index contributed by atoms with van der Waals surface area (Å²) in [5.41, 5.74) is 0. The van der Waals surface area contributed by atoms with Gasteiger partial charge in [0.15, 0.2) is 0 Å². The number of hydrogen-bond donors (Lipinski definition) is 2. The summed E-state index contributed by atoms with van der Waals surface area (Å²) in [6, 6.07) is 0. The van der Waals surface area contributed by atoms with E-state index in [1.807, 2.05) is 0 Å². The van der Waals surface area contributed by atoms with Gasteiger partial charge in [-0.05, 0) is 45.4 Å². The van der Waals surface area contributed by atoms with Crippen LogP contribution < -0.4 is 10.6 Å². The molecule has 0 spiro atoms. The van der Waals surface area contributed by atoms with E-state index < -0.39 is 0 Å². The number of hydrogen-bond acceptors (Lipinski definition) is 2. The molecule has 1 radical (unpaired) electrons. The summed E-state index contributed by atoms with van der Waals surface area (Å²) in [4.78, 5) is 0. The van der Waals surface area contributed by atoms with Gasteiger partial charge in [-0.1, -0.05) is 39.5 Å². The zero-order valence-electron chi connectivity index (χ0n) is 10.5. The lowest BCUT2D eigenvalue weighted by molar-refractivity contribution is 0.558. The van der Waals surface area contributed by atoms with Gasteiger partial charge in [0.1, 0.15) is 0 Å². The fourth-order valence-electron chi connectivity index (χ4n) is 1.58. The van der Waals surface area contributed by atoms with Gasteiger partial charge < -0.3 is 10.6 Å². The number of unbranched alkanes of at least 4 members (excludes halogenated alkanes) is 5. The molecule has 2 heteroatoms. The first-order valence-electron chi connectivity index (χ1n) is 6.62. The van der Waals surface area contributed by atoms with Crippen molar-refractivity contribution in [3.63, 3.8) is 0 Å². The van der Waals surface area contributed by atoms with Crippen molar-refractivity contribution >= 4 is 0 Å². The quantitative estimate of drug-likeness (QED) is 0.487. The molecule has 0 aromatic carbocycles. The standard InChI is InChI=1S/C13H29N2/c1-3-5-6-8-12-15-13-10-7-9-11-14-4-2/h14-15H,1,3-13H2,2H3. The van der Waals surface area contributed by atoms with Gasteiger partial charge in [-0.25, -0.2) is 0 Å². The number of nitrogens with one attached hydrogen (secondary N) is 2. The third-order valence-electron chi connectivity index (χ3n) is 2.56. The van der Waals surface area contributed by atoms with Crippen LogP contribution in [0.1, 0.15) is 51.9 Å². The van der Waals surface area contributed by atoms with E-state index in [0.717, 1.165) is 13.0 Å². The summed E-state index contributed by atoms with van der Waals surface area (Å²) in [5, 5.41) is 6.84. The highest BCUT2D eigenvalue weighted by Crippen LogP contribution is 1.97. The molecule has 0 aromatic heterocycles. The van der Waals surface area contributed by atoms with Crippen molar-refractivity contribution in [1.29, 1.82) is 0 Å². The molecule has 0 aliphatic heterocycles. The van der Waals surface area contributed by atoms with Crippen LogP contribution >= 0.6 is 0 Å². The van der Waals surface area contributed by atoms with E-state index in [-0.39, 0.29) is 0 Å². The smallest absolute Gasteiger partial charge is 0.00489 e. The van der Waals surface area contributed by atoms with Crippen LogP contribution in [-0.2, 0) is 0 Å². The highest BCUT2D eigenvalue weighted by Gasteiger charge is 1.90. The van der Waals surface area contributed by atoms with Crippen LogP contribution in [0.4, 0.5) is 0 Å². The molecule has 0 amide bonds. The van der Waals surface area contributed by atoms with Crippen LogP contribution in [0, 0.1) is 6.92 Å². The van der Waals surface area contributed by atoms with E-state index in [4.69, 9.17) is 0 Å². The molecule has 15 heavy (non-hydrogen) atoms. The molecular weight excluding hydrogens is 184 g/mol. The summed E-state index contributed by atoms with van der Waals surface area (Å²) >= 11 is 0. The van der Waals surface area contributed by atoms with Gasteiger partial charge in [-0.3, -0.25) is 0 Å². The molecule has 0 heterocycles. The molecule has 0 aliphatic rings. The molecule has 91 valence electrons. The van der Waals surface area contributed by atoms with Crippen LogP contribution in [-0.4, -0.2) is 26.2 Å². The normalized spacial score (nSPS) is 10.8. The Morgan fingerprint density at radius 3 is 1.80 bits per heavy atom. The maximum atomic E-state index is 3.84. The summed E-state index contributed by atoms with van der Waals surface area (Å²) in [5.74, 6) is 0. The molecule has 0 saturated heterocycles.